The van der Waals surface area contributed by atoms with E-state index in [9.17, 15) is 5.11 Å². The Morgan fingerprint density at radius 2 is 2.10 bits per heavy atom. The maximum atomic E-state index is 9.89. The number of benzene rings is 1. The highest BCUT2D eigenvalue weighted by Gasteiger charge is 2.15. The lowest BCUT2D eigenvalue weighted by atomic mass is 10.1. The van der Waals surface area contributed by atoms with Crippen molar-refractivity contribution in [3.05, 3.63) is 28.8 Å². The molecule has 0 saturated heterocycles. The van der Waals surface area contributed by atoms with Gasteiger partial charge in [-0.3, -0.25) is 0 Å². The molecule has 2 N–H and O–H groups in total. The van der Waals surface area contributed by atoms with E-state index in [1.165, 1.54) is 0 Å². The molecule has 1 aromatic carbocycles. The number of aliphatic hydroxyl groups is 1. The third-order valence-corrected chi connectivity index (χ3v) is 3.47. The van der Waals surface area contributed by atoms with Gasteiger partial charge >= 0.3 is 0 Å². The number of anilines is 1. The van der Waals surface area contributed by atoms with Crippen LogP contribution in [0, 0.1) is 5.92 Å². The molecule has 1 aromatic rings. The maximum absolute atomic E-state index is 9.89. The van der Waals surface area contributed by atoms with Crippen molar-refractivity contribution in [2.75, 3.05) is 38.8 Å². The predicted octanol–water partition coefficient (Wildman–Crippen LogP) is 2.53. The summed E-state index contributed by atoms with van der Waals surface area (Å²) >= 11 is 6.34. The van der Waals surface area contributed by atoms with E-state index in [4.69, 9.17) is 16.3 Å². The molecule has 120 valence electrons. The number of hydrogen-bond acceptors (Lipinski definition) is 4. The summed E-state index contributed by atoms with van der Waals surface area (Å²) in [6.45, 7) is 6.88. The topological polar surface area (TPSA) is 44.7 Å². The first-order valence-electron chi connectivity index (χ1n) is 7.32. The zero-order valence-corrected chi connectivity index (χ0v) is 14.2. The number of nitrogens with zero attached hydrogens (tertiary/aromatic N) is 1. The fraction of sp³-hybridized carbons (Fsp3) is 0.625. The number of aliphatic hydroxyl groups excluding tert-OH is 1. The number of hydrogen-bond donors (Lipinski definition) is 2. The van der Waals surface area contributed by atoms with Gasteiger partial charge in [-0.2, -0.15) is 0 Å². The summed E-state index contributed by atoms with van der Waals surface area (Å²) in [5, 5.41) is 14.0. The number of methoxy groups -OCH3 is 1. The molecular weight excluding hydrogens is 288 g/mol. The second-order valence-corrected chi connectivity index (χ2v) is 6.17. The van der Waals surface area contributed by atoms with Gasteiger partial charge < -0.3 is 20.1 Å². The molecule has 0 saturated carbocycles. The highest BCUT2D eigenvalue weighted by Crippen LogP contribution is 2.29. The standard InChI is InChI=1S/C16H27ClN2O2/c1-12(2)8-18-9-13-6-5-7-15(17)16(13)19(3)10-14(20)11-21-4/h5-7,12,14,18,20H,8-11H2,1-4H3. The van der Waals surface area contributed by atoms with E-state index >= 15 is 0 Å². The SMILES string of the molecule is COCC(O)CN(C)c1c(Cl)cccc1CNCC(C)C. The Bertz CT molecular complexity index is 427. The lowest BCUT2D eigenvalue weighted by Crippen LogP contribution is -2.33. The molecular formula is C16H27ClN2O2. The van der Waals surface area contributed by atoms with E-state index in [1.807, 2.05) is 24.1 Å². The normalized spacial score (nSPS) is 12.7. The molecule has 0 radical (unpaired) electrons. The van der Waals surface area contributed by atoms with Gasteiger partial charge in [0.25, 0.3) is 0 Å². The monoisotopic (exact) mass is 314 g/mol. The molecule has 0 aliphatic carbocycles. The van der Waals surface area contributed by atoms with E-state index in [-0.39, 0.29) is 0 Å². The first-order valence-corrected chi connectivity index (χ1v) is 7.69. The molecule has 0 heterocycles. The Hall–Kier alpha value is -0.810. The lowest BCUT2D eigenvalue weighted by Gasteiger charge is -2.26. The van der Waals surface area contributed by atoms with E-state index in [0.717, 1.165) is 24.3 Å². The van der Waals surface area contributed by atoms with Gasteiger partial charge in [0.2, 0.25) is 0 Å². The van der Waals surface area contributed by atoms with Gasteiger partial charge in [0.15, 0.2) is 0 Å². The number of ether oxygens (including phenoxy) is 1. The lowest BCUT2D eigenvalue weighted by molar-refractivity contribution is 0.0695. The van der Waals surface area contributed by atoms with E-state index in [1.54, 1.807) is 7.11 Å². The van der Waals surface area contributed by atoms with Crippen LogP contribution in [0.2, 0.25) is 5.02 Å². The first-order chi connectivity index (χ1) is 9.95. The number of para-hydroxylation sites is 1. The molecule has 5 heteroatoms. The minimum atomic E-state index is -0.534. The molecule has 4 nitrogen and oxygen atoms in total. The van der Waals surface area contributed by atoms with Crippen LogP contribution in [-0.4, -0.2) is 45.1 Å². The smallest absolute Gasteiger partial charge is 0.0947 e. The predicted molar refractivity (Wildman–Crippen MR) is 89.1 cm³/mol. The number of likely N-dealkylation sites (N-methyl/N-ethyl adjacent to an activating group) is 1. The molecule has 0 aliphatic rings. The summed E-state index contributed by atoms with van der Waals surface area (Å²) in [4.78, 5) is 1.98. The van der Waals surface area contributed by atoms with Crippen LogP contribution in [0.25, 0.3) is 0 Å². The summed E-state index contributed by atoms with van der Waals surface area (Å²) in [6, 6.07) is 5.90. The van der Waals surface area contributed by atoms with Crippen LogP contribution >= 0.6 is 11.6 Å². The van der Waals surface area contributed by atoms with Gasteiger partial charge in [-0.05, 0) is 24.1 Å². The second kappa shape index (κ2) is 9.26. The zero-order valence-electron chi connectivity index (χ0n) is 13.4. The second-order valence-electron chi connectivity index (χ2n) is 5.76. The average Bonchev–Trinajstić information content (AvgIpc) is 2.38. The molecule has 0 spiro atoms. The van der Waals surface area contributed by atoms with Crippen LogP contribution in [0.15, 0.2) is 18.2 Å². The Balaban J connectivity index is 2.78. The van der Waals surface area contributed by atoms with Gasteiger partial charge in [0.1, 0.15) is 0 Å². The maximum Gasteiger partial charge on any atom is 0.0947 e. The quantitative estimate of drug-likeness (QED) is 0.735. The van der Waals surface area contributed by atoms with Gasteiger partial charge in [0, 0.05) is 27.2 Å². The van der Waals surface area contributed by atoms with Gasteiger partial charge in [-0.1, -0.05) is 37.6 Å². The van der Waals surface area contributed by atoms with Crippen LogP contribution in [0.4, 0.5) is 5.69 Å². The summed E-state index contributed by atoms with van der Waals surface area (Å²) in [5.74, 6) is 0.605. The van der Waals surface area contributed by atoms with Gasteiger partial charge in [-0.15, -0.1) is 0 Å². The van der Waals surface area contributed by atoms with E-state index < -0.39 is 6.10 Å². The van der Waals surface area contributed by atoms with Crippen LogP contribution in [0.3, 0.4) is 0 Å². The Labute approximate surface area is 133 Å². The molecule has 1 rings (SSSR count). The fourth-order valence-corrected chi connectivity index (χ4v) is 2.62. The number of nitrogens with one attached hydrogen (secondary N) is 1. The summed E-state index contributed by atoms with van der Waals surface area (Å²) < 4.78 is 4.97. The van der Waals surface area contributed by atoms with Crippen LogP contribution in [-0.2, 0) is 11.3 Å². The molecule has 1 unspecified atom stereocenters. The number of rotatable bonds is 9. The molecule has 1 atom stereocenters. The molecule has 0 aromatic heterocycles. The average molecular weight is 315 g/mol. The Morgan fingerprint density at radius 3 is 2.71 bits per heavy atom. The van der Waals surface area contributed by atoms with Crippen molar-refractivity contribution >= 4 is 17.3 Å². The largest absolute Gasteiger partial charge is 0.389 e. The van der Waals surface area contributed by atoms with Crippen molar-refractivity contribution in [2.24, 2.45) is 5.92 Å². The third kappa shape index (κ3) is 6.22. The van der Waals surface area contributed by atoms with Gasteiger partial charge in [-0.25, -0.2) is 0 Å². The molecule has 0 aliphatic heterocycles. The zero-order chi connectivity index (χ0) is 15.8. The van der Waals surface area contributed by atoms with E-state index in [2.05, 4.69) is 25.2 Å². The van der Waals surface area contributed by atoms with Crippen molar-refractivity contribution in [1.82, 2.24) is 5.32 Å². The number of halogens is 1. The highest BCUT2D eigenvalue weighted by atomic mass is 35.5. The minimum absolute atomic E-state index is 0.315. The van der Waals surface area contributed by atoms with Crippen molar-refractivity contribution < 1.29 is 9.84 Å². The summed E-state index contributed by atoms with van der Waals surface area (Å²) in [5.41, 5.74) is 2.10. The van der Waals surface area contributed by atoms with Crippen LogP contribution in [0.1, 0.15) is 19.4 Å². The molecule has 0 fully saturated rings. The molecule has 21 heavy (non-hydrogen) atoms. The van der Waals surface area contributed by atoms with E-state index in [0.29, 0.717) is 24.1 Å². The third-order valence-electron chi connectivity index (χ3n) is 3.16. The summed E-state index contributed by atoms with van der Waals surface area (Å²) in [7, 11) is 3.52. The highest BCUT2D eigenvalue weighted by molar-refractivity contribution is 6.33. The Kier molecular flexibility index (Phi) is 8.04. The van der Waals surface area contributed by atoms with Crippen molar-refractivity contribution in [1.29, 1.82) is 0 Å². The van der Waals surface area contributed by atoms with Crippen molar-refractivity contribution in [2.45, 2.75) is 26.5 Å². The summed E-state index contributed by atoms with van der Waals surface area (Å²) in [6.07, 6.45) is -0.534. The molecule has 0 bridgehead atoms. The Morgan fingerprint density at radius 1 is 1.38 bits per heavy atom. The first kappa shape index (κ1) is 18.2. The molecule has 0 amide bonds. The van der Waals surface area contributed by atoms with Gasteiger partial charge in [0.05, 0.1) is 23.4 Å². The van der Waals surface area contributed by atoms with Crippen molar-refractivity contribution in [3.63, 3.8) is 0 Å². The van der Waals surface area contributed by atoms with Crippen LogP contribution in [0.5, 0.6) is 0 Å². The minimum Gasteiger partial charge on any atom is -0.389 e. The van der Waals surface area contributed by atoms with Crippen molar-refractivity contribution in [3.8, 4) is 0 Å². The fourth-order valence-electron chi connectivity index (χ4n) is 2.28. The van der Waals surface area contributed by atoms with Crippen LogP contribution < -0.4 is 10.2 Å².